The Hall–Kier alpha value is -4.34. The van der Waals surface area contributed by atoms with Gasteiger partial charge in [0.25, 0.3) is 11.8 Å². The molecule has 10 heteroatoms. The van der Waals surface area contributed by atoms with Crippen LogP contribution < -0.4 is 10.6 Å². The quantitative estimate of drug-likeness (QED) is 0.531. The van der Waals surface area contributed by atoms with Crippen LogP contribution in [0.3, 0.4) is 0 Å². The van der Waals surface area contributed by atoms with Gasteiger partial charge in [-0.15, -0.1) is 5.10 Å². The average molecular weight is 485 g/mol. The van der Waals surface area contributed by atoms with Crippen molar-refractivity contribution < 1.29 is 19.2 Å². The summed E-state index contributed by atoms with van der Waals surface area (Å²) >= 11 is 0. The van der Waals surface area contributed by atoms with Crippen LogP contribution in [0, 0.1) is 0 Å². The van der Waals surface area contributed by atoms with Crippen LogP contribution in [0.1, 0.15) is 64.1 Å². The van der Waals surface area contributed by atoms with Crippen molar-refractivity contribution >= 4 is 23.6 Å². The summed E-state index contributed by atoms with van der Waals surface area (Å²) in [6, 6.07) is 14.7. The van der Waals surface area contributed by atoms with Gasteiger partial charge in [-0.1, -0.05) is 35.5 Å². The first-order chi connectivity index (χ1) is 17.3. The molecular formula is C26H24N6O4. The van der Waals surface area contributed by atoms with Gasteiger partial charge in [-0.25, -0.2) is 4.68 Å². The highest BCUT2D eigenvalue weighted by molar-refractivity contribution is 6.05. The average Bonchev–Trinajstić information content (AvgIpc) is 3.19. The lowest BCUT2D eigenvalue weighted by Crippen LogP contribution is -2.52. The molecule has 1 saturated heterocycles. The Bertz CT molecular complexity index is 1420. The summed E-state index contributed by atoms with van der Waals surface area (Å²) in [4.78, 5) is 51.0. The summed E-state index contributed by atoms with van der Waals surface area (Å²) in [5.41, 5.74) is 2.99. The third kappa shape index (κ3) is 3.74. The molecule has 3 aliphatic rings. The summed E-state index contributed by atoms with van der Waals surface area (Å²) in [5, 5.41) is 13.6. The Morgan fingerprint density at radius 3 is 2.72 bits per heavy atom. The highest BCUT2D eigenvalue weighted by atomic mass is 16.2. The number of carbonyl (C=O) groups is 4. The van der Waals surface area contributed by atoms with Gasteiger partial charge < -0.3 is 10.2 Å². The van der Waals surface area contributed by atoms with Gasteiger partial charge in [0.15, 0.2) is 5.69 Å². The molecule has 2 aliphatic heterocycles. The fraction of sp³-hybridized carbons (Fsp3) is 0.308. The van der Waals surface area contributed by atoms with E-state index in [1.54, 1.807) is 18.3 Å². The summed E-state index contributed by atoms with van der Waals surface area (Å²) in [7, 11) is 0. The first-order valence-electron chi connectivity index (χ1n) is 11.9. The van der Waals surface area contributed by atoms with Gasteiger partial charge in [-0.2, -0.15) is 0 Å². The van der Waals surface area contributed by atoms with Crippen LogP contribution >= 0.6 is 0 Å². The first-order valence-corrected chi connectivity index (χ1v) is 11.9. The molecule has 2 fully saturated rings. The summed E-state index contributed by atoms with van der Waals surface area (Å²) in [6.07, 6.45) is 2.94. The smallest absolute Gasteiger partial charge is 0.273 e. The molecule has 0 radical (unpaired) electrons. The summed E-state index contributed by atoms with van der Waals surface area (Å²) < 4.78 is 1.50. The van der Waals surface area contributed by atoms with E-state index >= 15 is 0 Å². The molecule has 36 heavy (non-hydrogen) atoms. The predicted molar refractivity (Wildman–Crippen MR) is 127 cm³/mol. The Kier molecular flexibility index (Phi) is 4.99. The monoisotopic (exact) mass is 484 g/mol. The van der Waals surface area contributed by atoms with E-state index in [-0.39, 0.29) is 47.8 Å². The molecule has 1 saturated carbocycles. The Balaban J connectivity index is 1.16. The zero-order valence-electron chi connectivity index (χ0n) is 19.6. The van der Waals surface area contributed by atoms with E-state index in [1.807, 2.05) is 31.2 Å². The molecule has 10 nitrogen and oxygen atoms in total. The van der Waals surface area contributed by atoms with Gasteiger partial charge >= 0.3 is 0 Å². The van der Waals surface area contributed by atoms with Crippen molar-refractivity contribution in [3.8, 4) is 5.69 Å². The summed E-state index contributed by atoms with van der Waals surface area (Å²) in [5.74, 6) is -1.03. The van der Waals surface area contributed by atoms with E-state index in [2.05, 4.69) is 33.1 Å². The van der Waals surface area contributed by atoms with Crippen LogP contribution in [0.2, 0.25) is 0 Å². The molecule has 182 valence electrons. The SMILES string of the molecule is C[C@]1(NC(=O)c2cn(-c3ccc4c(c3)CN(C3CCC(=O)NC3=O)C4=O)nn2)C[C@@H]1c1ccccc1. The highest BCUT2D eigenvalue weighted by Crippen LogP contribution is 2.51. The maximum absolute atomic E-state index is 12.9. The lowest BCUT2D eigenvalue weighted by Gasteiger charge is -2.29. The minimum atomic E-state index is -0.670. The lowest BCUT2D eigenvalue weighted by molar-refractivity contribution is -0.136. The first kappa shape index (κ1) is 22.1. The predicted octanol–water partition coefficient (Wildman–Crippen LogP) is 1.70. The van der Waals surface area contributed by atoms with Gasteiger partial charge in [-0.05, 0) is 49.1 Å². The van der Waals surface area contributed by atoms with E-state index in [0.29, 0.717) is 17.7 Å². The van der Waals surface area contributed by atoms with Crippen molar-refractivity contribution in [2.75, 3.05) is 0 Å². The Labute approximate surface area is 206 Å². The standard InChI is InChI=1S/C26H24N6O4/c1-26(12-19(26)15-5-3-2-4-6-15)28-23(34)20-14-32(30-29-20)17-7-8-18-16(11-17)13-31(25(18)36)21-9-10-22(33)27-24(21)35/h2-8,11,14,19,21H,9-10,12-13H2,1H3,(H,28,34)(H,27,33,35)/t19-,21?,26+/m1/s1. The molecule has 2 N–H and O–H groups in total. The molecular weight excluding hydrogens is 460 g/mol. The largest absolute Gasteiger partial charge is 0.345 e. The van der Waals surface area contributed by atoms with Crippen LogP contribution in [0.5, 0.6) is 0 Å². The van der Waals surface area contributed by atoms with Crippen molar-refractivity contribution in [3.63, 3.8) is 0 Å². The number of imide groups is 1. The second-order valence-electron chi connectivity index (χ2n) is 9.83. The highest BCUT2D eigenvalue weighted by Gasteiger charge is 2.52. The van der Waals surface area contributed by atoms with E-state index < -0.39 is 11.9 Å². The van der Waals surface area contributed by atoms with E-state index in [0.717, 1.165) is 12.0 Å². The fourth-order valence-corrected chi connectivity index (χ4v) is 5.20. The van der Waals surface area contributed by atoms with Crippen molar-refractivity contribution in [2.45, 2.75) is 50.2 Å². The molecule has 1 aliphatic carbocycles. The maximum atomic E-state index is 12.9. The molecule has 0 bridgehead atoms. The number of benzene rings is 2. The second kappa shape index (κ2) is 8.11. The van der Waals surface area contributed by atoms with Crippen LogP contribution in [0.15, 0.2) is 54.7 Å². The molecule has 0 spiro atoms. The van der Waals surface area contributed by atoms with E-state index in [1.165, 1.54) is 15.1 Å². The van der Waals surface area contributed by atoms with Crippen molar-refractivity contribution in [1.29, 1.82) is 0 Å². The van der Waals surface area contributed by atoms with Crippen molar-refractivity contribution in [3.05, 3.63) is 77.1 Å². The molecule has 1 aromatic heterocycles. The van der Waals surface area contributed by atoms with Crippen LogP contribution in [-0.4, -0.2) is 55.1 Å². The van der Waals surface area contributed by atoms with Gasteiger partial charge in [0.2, 0.25) is 11.8 Å². The van der Waals surface area contributed by atoms with Gasteiger partial charge in [0.05, 0.1) is 11.9 Å². The zero-order chi connectivity index (χ0) is 25.0. The number of aromatic nitrogens is 3. The number of hydrogen-bond acceptors (Lipinski definition) is 6. The fourth-order valence-electron chi connectivity index (χ4n) is 5.20. The minimum Gasteiger partial charge on any atom is -0.345 e. The zero-order valence-corrected chi connectivity index (χ0v) is 19.6. The number of fused-ring (bicyclic) bond motifs is 1. The number of amides is 4. The topological polar surface area (TPSA) is 126 Å². The Morgan fingerprint density at radius 2 is 1.94 bits per heavy atom. The third-order valence-corrected chi connectivity index (χ3v) is 7.34. The number of carbonyl (C=O) groups excluding carboxylic acids is 4. The second-order valence-corrected chi connectivity index (χ2v) is 9.83. The van der Waals surface area contributed by atoms with Crippen LogP contribution in [0.4, 0.5) is 0 Å². The molecule has 6 rings (SSSR count). The van der Waals surface area contributed by atoms with Crippen LogP contribution in [-0.2, 0) is 16.1 Å². The number of nitrogens with one attached hydrogen (secondary N) is 2. The van der Waals surface area contributed by atoms with Crippen molar-refractivity contribution in [2.24, 2.45) is 0 Å². The molecule has 4 amide bonds. The van der Waals surface area contributed by atoms with Gasteiger partial charge in [0, 0.05) is 30.0 Å². The maximum Gasteiger partial charge on any atom is 0.273 e. The molecule has 3 aromatic rings. The van der Waals surface area contributed by atoms with E-state index in [4.69, 9.17) is 0 Å². The van der Waals surface area contributed by atoms with Crippen molar-refractivity contribution in [1.82, 2.24) is 30.5 Å². The summed E-state index contributed by atoms with van der Waals surface area (Å²) in [6.45, 7) is 2.29. The molecule has 3 heterocycles. The minimum absolute atomic E-state index is 0.205. The number of piperidine rings is 1. The van der Waals surface area contributed by atoms with Crippen LogP contribution in [0.25, 0.3) is 5.69 Å². The third-order valence-electron chi connectivity index (χ3n) is 7.34. The number of rotatable bonds is 5. The molecule has 3 atom stereocenters. The van der Waals surface area contributed by atoms with Gasteiger partial charge in [-0.3, -0.25) is 24.5 Å². The normalized spacial score (nSPS) is 24.9. The Morgan fingerprint density at radius 1 is 1.14 bits per heavy atom. The molecule has 2 aromatic carbocycles. The lowest BCUT2D eigenvalue weighted by atomic mass is 10.0. The number of hydrogen-bond donors (Lipinski definition) is 2. The van der Waals surface area contributed by atoms with Gasteiger partial charge in [0.1, 0.15) is 6.04 Å². The number of nitrogens with zero attached hydrogens (tertiary/aromatic N) is 4. The molecule has 1 unspecified atom stereocenters. The van der Waals surface area contributed by atoms with E-state index in [9.17, 15) is 19.2 Å².